The Kier molecular flexibility index (Phi) is 6.24. The average molecular weight is 396 g/mol. The molecule has 0 saturated carbocycles. The van der Waals surface area contributed by atoms with Crippen LogP contribution in [0.4, 0.5) is 11.6 Å². The zero-order valence-corrected chi connectivity index (χ0v) is 17.0. The molecular weight excluding hydrogens is 366 g/mol. The Labute approximate surface area is 172 Å². The van der Waals surface area contributed by atoms with Crippen LogP contribution in [0.2, 0.25) is 0 Å². The summed E-state index contributed by atoms with van der Waals surface area (Å²) in [5.41, 5.74) is 2.35. The second kappa shape index (κ2) is 9.22. The molecule has 2 aromatic rings. The van der Waals surface area contributed by atoms with Gasteiger partial charge in [-0.25, -0.2) is 0 Å². The van der Waals surface area contributed by atoms with Crippen LogP contribution in [-0.2, 0) is 16.1 Å². The molecule has 2 aliphatic heterocycles. The molecule has 1 N–H and O–H groups in total. The third-order valence-electron chi connectivity index (χ3n) is 5.67. The van der Waals surface area contributed by atoms with Crippen LogP contribution in [0.1, 0.15) is 24.0 Å². The number of anilines is 2. The molecule has 0 radical (unpaired) electrons. The van der Waals surface area contributed by atoms with Gasteiger partial charge in [0.15, 0.2) is 11.6 Å². The zero-order valence-electron chi connectivity index (χ0n) is 17.0. The SMILES string of the molecule is Cc1ccc(CNC(=O)[C@H]2CCCN(c3ccc(N4CCOCC4)nn3)C2)cc1. The fourth-order valence-corrected chi connectivity index (χ4v) is 3.89. The van der Waals surface area contributed by atoms with Crippen molar-refractivity contribution in [3.05, 3.63) is 47.5 Å². The van der Waals surface area contributed by atoms with Crippen molar-refractivity contribution >= 4 is 17.5 Å². The van der Waals surface area contributed by atoms with Gasteiger partial charge in [0.25, 0.3) is 0 Å². The van der Waals surface area contributed by atoms with Gasteiger partial charge >= 0.3 is 0 Å². The zero-order chi connectivity index (χ0) is 20.1. The van der Waals surface area contributed by atoms with Crippen LogP contribution >= 0.6 is 0 Å². The standard InChI is InChI=1S/C22H29N5O2/c1-17-4-6-18(7-5-17)15-23-22(28)19-3-2-10-27(16-19)21-9-8-20(24-25-21)26-11-13-29-14-12-26/h4-9,19H,2-3,10-16H2,1H3,(H,23,28)/t19-/m0/s1. The molecule has 1 aromatic carbocycles. The first-order valence-corrected chi connectivity index (χ1v) is 10.4. The van der Waals surface area contributed by atoms with E-state index in [1.165, 1.54) is 5.56 Å². The van der Waals surface area contributed by atoms with Gasteiger partial charge in [-0.15, -0.1) is 10.2 Å². The van der Waals surface area contributed by atoms with E-state index in [0.29, 0.717) is 13.1 Å². The number of morpholine rings is 1. The van der Waals surface area contributed by atoms with Gasteiger partial charge in [-0.05, 0) is 37.5 Å². The first kappa shape index (κ1) is 19.6. The van der Waals surface area contributed by atoms with E-state index >= 15 is 0 Å². The summed E-state index contributed by atoms with van der Waals surface area (Å²) >= 11 is 0. The van der Waals surface area contributed by atoms with Crippen LogP contribution in [0.3, 0.4) is 0 Å². The number of amides is 1. The smallest absolute Gasteiger partial charge is 0.225 e. The highest BCUT2D eigenvalue weighted by Gasteiger charge is 2.26. The third-order valence-corrected chi connectivity index (χ3v) is 5.67. The first-order chi connectivity index (χ1) is 14.2. The van der Waals surface area contributed by atoms with E-state index < -0.39 is 0 Å². The molecule has 3 heterocycles. The summed E-state index contributed by atoms with van der Waals surface area (Å²) in [6.07, 6.45) is 1.89. The lowest BCUT2D eigenvalue weighted by molar-refractivity contribution is -0.125. The summed E-state index contributed by atoms with van der Waals surface area (Å²) in [7, 11) is 0. The number of hydrogen-bond donors (Lipinski definition) is 1. The Balaban J connectivity index is 1.32. The predicted molar refractivity (Wildman–Crippen MR) is 113 cm³/mol. The lowest BCUT2D eigenvalue weighted by atomic mass is 9.97. The van der Waals surface area contributed by atoms with Gasteiger partial charge in [-0.1, -0.05) is 29.8 Å². The Bertz CT molecular complexity index is 803. The van der Waals surface area contributed by atoms with Crippen molar-refractivity contribution in [2.24, 2.45) is 5.92 Å². The fraction of sp³-hybridized carbons (Fsp3) is 0.500. The van der Waals surface area contributed by atoms with Gasteiger partial charge in [0.05, 0.1) is 19.1 Å². The molecule has 7 heteroatoms. The number of rotatable bonds is 5. The fourth-order valence-electron chi connectivity index (χ4n) is 3.89. The van der Waals surface area contributed by atoms with E-state index in [1.807, 2.05) is 12.1 Å². The molecule has 29 heavy (non-hydrogen) atoms. The van der Waals surface area contributed by atoms with Gasteiger partial charge in [0.1, 0.15) is 0 Å². The summed E-state index contributed by atoms with van der Waals surface area (Å²) in [4.78, 5) is 17.1. The number of hydrogen-bond acceptors (Lipinski definition) is 6. The highest BCUT2D eigenvalue weighted by atomic mass is 16.5. The topological polar surface area (TPSA) is 70.6 Å². The summed E-state index contributed by atoms with van der Waals surface area (Å²) in [6, 6.07) is 12.3. The number of nitrogens with zero attached hydrogens (tertiary/aromatic N) is 4. The summed E-state index contributed by atoms with van der Waals surface area (Å²) in [6.45, 7) is 7.39. The largest absolute Gasteiger partial charge is 0.378 e. The monoisotopic (exact) mass is 395 g/mol. The van der Waals surface area contributed by atoms with E-state index in [1.54, 1.807) is 0 Å². The molecule has 1 atom stereocenters. The van der Waals surface area contributed by atoms with Crippen LogP contribution in [0, 0.1) is 12.8 Å². The molecule has 1 aromatic heterocycles. The normalized spacial score (nSPS) is 19.8. The Morgan fingerprint density at radius 2 is 1.72 bits per heavy atom. The number of piperidine rings is 1. The van der Waals surface area contributed by atoms with Crippen molar-refractivity contribution in [1.29, 1.82) is 0 Å². The number of aromatic nitrogens is 2. The van der Waals surface area contributed by atoms with Crippen molar-refractivity contribution in [3.63, 3.8) is 0 Å². The Morgan fingerprint density at radius 3 is 2.41 bits per heavy atom. The molecule has 0 aliphatic carbocycles. The number of carbonyl (C=O) groups excluding carboxylic acids is 1. The van der Waals surface area contributed by atoms with Gasteiger partial charge < -0.3 is 19.9 Å². The van der Waals surface area contributed by atoms with Crippen LogP contribution < -0.4 is 15.1 Å². The molecule has 0 bridgehead atoms. The maximum absolute atomic E-state index is 12.7. The number of aryl methyl sites for hydroxylation is 1. The third kappa shape index (κ3) is 5.03. The molecule has 4 rings (SSSR count). The number of ether oxygens (including phenoxy) is 1. The highest BCUT2D eigenvalue weighted by molar-refractivity contribution is 5.79. The molecule has 0 unspecified atom stereocenters. The van der Waals surface area contributed by atoms with E-state index in [4.69, 9.17) is 4.74 Å². The maximum atomic E-state index is 12.7. The Hall–Kier alpha value is -2.67. The van der Waals surface area contributed by atoms with Gasteiger partial charge in [-0.3, -0.25) is 4.79 Å². The summed E-state index contributed by atoms with van der Waals surface area (Å²) in [5.74, 6) is 1.84. The summed E-state index contributed by atoms with van der Waals surface area (Å²) < 4.78 is 5.39. The number of carbonyl (C=O) groups is 1. The van der Waals surface area contributed by atoms with Crippen molar-refractivity contribution in [1.82, 2.24) is 15.5 Å². The van der Waals surface area contributed by atoms with Crippen molar-refractivity contribution in [2.45, 2.75) is 26.3 Å². The van der Waals surface area contributed by atoms with E-state index in [2.05, 4.69) is 56.5 Å². The minimum Gasteiger partial charge on any atom is -0.378 e. The van der Waals surface area contributed by atoms with Crippen LogP contribution in [-0.4, -0.2) is 55.5 Å². The number of benzene rings is 1. The van der Waals surface area contributed by atoms with Gasteiger partial charge in [-0.2, -0.15) is 0 Å². The quantitative estimate of drug-likeness (QED) is 0.837. The highest BCUT2D eigenvalue weighted by Crippen LogP contribution is 2.23. The second-order valence-corrected chi connectivity index (χ2v) is 7.84. The van der Waals surface area contributed by atoms with E-state index in [9.17, 15) is 4.79 Å². The number of nitrogens with one attached hydrogen (secondary N) is 1. The molecule has 0 spiro atoms. The molecular formula is C22H29N5O2. The van der Waals surface area contributed by atoms with Crippen LogP contribution in [0.5, 0.6) is 0 Å². The Morgan fingerprint density at radius 1 is 1.03 bits per heavy atom. The molecule has 7 nitrogen and oxygen atoms in total. The van der Waals surface area contributed by atoms with E-state index in [0.717, 1.165) is 62.9 Å². The van der Waals surface area contributed by atoms with Gasteiger partial charge in [0, 0.05) is 32.7 Å². The van der Waals surface area contributed by atoms with Crippen molar-refractivity contribution in [2.75, 3.05) is 49.2 Å². The second-order valence-electron chi connectivity index (χ2n) is 7.84. The predicted octanol–water partition coefficient (Wildman–Crippen LogP) is 2.15. The minimum absolute atomic E-state index is 0.0186. The van der Waals surface area contributed by atoms with Gasteiger partial charge in [0.2, 0.25) is 5.91 Å². The van der Waals surface area contributed by atoms with E-state index in [-0.39, 0.29) is 11.8 Å². The first-order valence-electron chi connectivity index (χ1n) is 10.4. The lowest BCUT2D eigenvalue weighted by Crippen LogP contribution is -2.43. The van der Waals surface area contributed by atoms with Crippen LogP contribution in [0.25, 0.3) is 0 Å². The molecule has 2 saturated heterocycles. The molecule has 1 amide bonds. The molecule has 2 fully saturated rings. The maximum Gasteiger partial charge on any atom is 0.225 e. The molecule has 2 aliphatic rings. The van der Waals surface area contributed by atoms with Crippen molar-refractivity contribution < 1.29 is 9.53 Å². The van der Waals surface area contributed by atoms with Crippen LogP contribution in [0.15, 0.2) is 36.4 Å². The molecule has 154 valence electrons. The minimum atomic E-state index is -0.0186. The van der Waals surface area contributed by atoms with Crippen molar-refractivity contribution in [3.8, 4) is 0 Å². The lowest BCUT2D eigenvalue weighted by Gasteiger charge is -2.33. The summed E-state index contributed by atoms with van der Waals surface area (Å²) in [5, 5.41) is 11.9. The average Bonchev–Trinajstić information content (AvgIpc) is 2.79.